The van der Waals surface area contributed by atoms with Crippen LogP contribution in [0.5, 0.6) is 0 Å². The van der Waals surface area contributed by atoms with Gasteiger partial charge < -0.3 is 15.2 Å². The minimum Gasteiger partial charge on any atom is -0.480 e. The van der Waals surface area contributed by atoms with Crippen LogP contribution in [0.25, 0.3) is 0 Å². The molecule has 1 amide bonds. The van der Waals surface area contributed by atoms with E-state index < -0.39 is 23.2 Å². The van der Waals surface area contributed by atoms with E-state index in [0.29, 0.717) is 12.8 Å². The van der Waals surface area contributed by atoms with Gasteiger partial charge in [-0.2, -0.15) is 0 Å². The van der Waals surface area contributed by atoms with Crippen molar-refractivity contribution in [2.45, 2.75) is 71.4 Å². The maximum atomic E-state index is 11.8. The summed E-state index contributed by atoms with van der Waals surface area (Å²) < 4.78 is 5.15. The largest absolute Gasteiger partial charge is 0.480 e. The Morgan fingerprint density at radius 3 is 1.95 bits per heavy atom. The van der Waals surface area contributed by atoms with Crippen molar-refractivity contribution in [1.82, 2.24) is 5.32 Å². The molecule has 5 heteroatoms. The number of carbonyl (C=O) groups is 2. The van der Waals surface area contributed by atoms with Crippen molar-refractivity contribution in [2.24, 2.45) is 5.41 Å². The zero-order valence-electron chi connectivity index (χ0n) is 12.5. The Balaban J connectivity index is 2.75. The normalized spacial score (nSPS) is 21.5. The summed E-state index contributed by atoms with van der Waals surface area (Å²) in [4.78, 5) is 23.3. The Kier molecular flexibility index (Phi) is 4.17. The van der Waals surface area contributed by atoms with E-state index in [1.54, 1.807) is 20.8 Å². The van der Waals surface area contributed by atoms with Crippen molar-refractivity contribution in [3.05, 3.63) is 0 Å². The third-order valence-corrected chi connectivity index (χ3v) is 3.61. The number of carbonyl (C=O) groups excluding carboxylic acids is 1. The summed E-state index contributed by atoms with van der Waals surface area (Å²) in [6.07, 6.45) is 1.77. The Bertz CT molecular complexity index is 358. The van der Waals surface area contributed by atoms with Crippen LogP contribution in [-0.4, -0.2) is 28.3 Å². The first-order valence-corrected chi connectivity index (χ1v) is 6.70. The predicted molar refractivity (Wildman–Crippen MR) is 72.0 cm³/mol. The first kappa shape index (κ1) is 15.8. The van der Waals surface area contributed by atoms with Gasteiger partial charge in [0.1, 0.15) is 11.1 Å². The Morgan fingerprint density at radius 1 is 1.11 bits per heavy atom. The van der Waals surface area contributed by atoms with Gasteiger partial charge in [-0.25, -0.2) is 9.59 Å². The van der Waals surface area contributed by atoms with Crippen molar-refractivity contribution in [2.75, 3.05) is 0 Å². The Morgan fingerprint density at radius 2 is 1.58 bits per heavy atom. The number of alkyl carbamates (subject to hydrolysis) is 1. The molecule has 0 atom stereocenters. The van der Waals surface area contributed by atoms with Gasteiger partial charge in [-0.05, 0) is 51.9 Å². The van der Waals surface area contributed by atoms with E-state index in [-0.39, 0.29) is 5.41 Å². The van der Waals surface area contributed by atoms with Crippen LogP contribution in [0, 0.1) is 5.41 Å². The number of rotatable bonds is 2. The van der Waals surface area contributed by atoms with Crippen molar-refractivity contribution >= 4 is 12.1 Å². The summed E-state index contributed by atoms with van der Waals surface area (Å²) in [5, 5.41) is 12.0. The molecule has 5 nitrogen and oxygen atoms in total. The van der Waals surface area contributed by atoms with Gasteiger partial charge in [0.05, 0.1) is 0 Å². The molecule has 0 aromatic rings. The van der Waals surface area contributed by atoms with E-state index in [0.717, 1.165) is 12.8 Å². The molecule has 0 aromatic carbocycles. The summed E-state index contributed by atoms with van der Waals surface area (Å²) in [6, 6.07) is 0. The molecule has 0 spiro atoms. The van der Waals surface area contributed by atoms with E-state index in [1.165, 1.54) is 0 Å². The zero-order valence-corrected chi connectivity index (χ0v) is 12.5. The zero-order chi connectivity index (χ0) is 14.9. The molecule has 1 fully saturated rings. The summed E-state index contributed by atoms with van der Waals surface area (Å²) in [7, 11) is 0. The lowest BCUT2D eigenvalue weighted by Crippen LogP contribution is -2.57. The number of amides is 1. The number of ether oxygens (including phenoxy) is 1. The Hall–Kier alpha value is -1.26. The van der Waals surface area contributed by atoms with Crippen LogP contribution in [0.4, 0.5) is 4.79 Å². The van der Waals surface area contributed by atoms with E-state index in [1.807, 2.05) is 0 Å². The molecule has 0 aromatic heterocycles. The van der Waals surface area contributed by atoms with Crippen LogP contribution in [-0.2, 0) is 9.53 Å². The van der Waals surface area contributed by atoms with Crippen LogP contribution in [0.2, 0.25) is 0 Å². The molecule has 1 saturated carbocycles. The van der Waals surface area contributed by atoms with Gasteiger partial charge in [-0.3, -0.25) is 0 Å². The summed E-state index contributed by atoms with van der Waals surface area (Å²) in [5.41, 5.74) is -1.68. The molecule has 2 N–H and O–H groups in total. The SMILES string of the molecule is CC1(C)CCC(NC(=O)OC(C)(C)C)(C(=O)O)CC1. The van der Waals surface area contributed by atoms with E-state index >= 15 is 0 Å². The van der Waals surface area contributed by atoms with E-state index in [4.69, 9.17) is 4.74 Å². The van der Waals surface area contributed by atoms with Crippen LogP contribution in [0.1, 0.15) is 60.3 Å². The molecule has 0 bridgehead atoms. The fourth-order valence-electron chi connectivity index (χ4n) is 2.24. The van der Waals surface area contributed by atoms with E-state index in [2.05, 4.69) is 19.2 Å². The predicted octanol–water partition coefficient (Wildman–Crippen LogP) is 2.93. The molecule has 0 radical (unpaired) electrons. The average molecular weight is 271 g/mol. The highest BCUT2D eigenvalue weighted by Crippen LogP contribution is 2.40. The van der Waals surface area contributed by atoms with Gasteiger partial charge in [0.15, 0.2) is 0 Å². The van der Waals surface area contributed by atoms with Gasteiger partial charge in [0.25, 0.3) is 0 Å². The molecule has 1 rings (SSSR count). The quantitative estimate of drug-likeness (QED) is 0.809. The molecular weight excluding hydrogens is 246 g/mol. The summed E-state index contributed by atoms with van der Waals surface area (Å²) >= 11 is 0. The molecule has 1 aliphatic rings. The molecule has 19 heavy (non-hydrogen) atoms. The summed E-state index contributed by atoms with van der Waals surface area (Å²) in [6.45, 7) is 9.50. The number of hydrogen-bond acceptors (Lipinski definition) is 3. The fraction of sp³-hybridized carbons (Fsp3) is 0.857. The van der Waals surface area contributed by atoms with Crippen LogP contribution in [0.3, 0.4) is 0 Å². The van der Waals surface area contributed by atoms with Crippen molar-refractivity contribution in [3.63, 3.8) is 0 Å². The number of carboxylic acid groups (broad SMARTS) is 1. The van der Waals surface area contributed by atoms with Crippen LogP contribution < -0.4 is 5.32 Å². The lowest BCUT2D eigenvalue weighted by molar-refractivity contribution is -0.147. The maximum Gasteiger partial charge on any atom is 0.408 e. The third kappa shape index (κ3) is 4.40. The third-order valence-electron chi connectivity index (χ3n) is 3.61. The number of nitrogens with one attached hydrogen (secondary N) is 1. The Labute approximate surface area is 114 Å². The molecule has 110 valence electrons. The molecule has 0 heterocycles. The molecule has 0 unspecified atom stereocenters. The van der Waals surface area contributed by atoms with Gasteiger partial charge in [-0.15, -0.1) is 0 Å². The second-order valence-electron chi connectivity index (χ2n) is 7.18. The van der Waals surface area contributed by atoms with Crippen molar-refractivity contribution < 1.29 is 19.4 Å². The fourth-order valence-corrected chi connectivity index (χ4v) is 2.24. The molecule has 0 aliphatic heterocycles. The minimum absolute atomic E-state index is 0.133. The van der Waals surface area contributed by atoms with Gasteiger partial charge in [-0.1, -0.05) is 13.8 Å². The molecular formula is C14H25NO4. The minimum atomic E-state index is -1.18. The number of carboxylic acids is 1. The van der Waals surface area contributed by atoms with Crippen LogP contribution in [0.15, 0.2) is 0 Å². The molecule has 0 saturated heterocycles. The average Bonchev–Trinajstić information content (AvgIpc) is 2.18. The second kappa shape index (κ2) is 5.02. The highest BCUT2D eigenvalue weighted by atomic mass is 16.6. The van der Waals surface area contributed by atoms with Crippen molar-refractivity contribution in [3.8, 4) is 0 Å². The lowest BCUT2D eigenvalue weighted by atomic mass is 9.69. The number of hydrogen-bond donors (Lipinski definition) is 2. The van der Waals surface area contributed by atoms with Gasteiger partial charge >= 0.3 is 12.1 Å². The van der Waals surface area contributed by atoms with Crippen LogP contribution >= 0.6 is 0 Å². The number of aliphatic carboxylic acids is 1. The topological polar surface area (TPSA) is 75.6 Å². The lowest BCUT2D eigenvalue weighted by Gasteiger charge is -2.41. The first-order valence-electron chi connectivity index (χ1n) is 6.70. The first-order chi connectivity index (χ1) is 8.46. The second-order valence-corrected chi connectivity index (χ2v) is 7.18. The maximum absolute atomic E-state index is 11.8. The molecule has 1 aliphatic carbocycles. The van der Waals surface area contributed by atoms with Gasteiger partial charge in [0.2, 0.25) is 0 Å². The highest BCUT2D eigenvalue weighted by Gasteiger charge is 2.46. The van der Waals surface area contributed by atoms with Gasteiger partial charge in [0, 0.05) is 0 Å². The summed E-state index contributed by atoms with van der Waals surface area (Å²) in [5.74, 6) is -0.978. The van der Waals surface area contributed by atoms with Crippen molar-refractivity contribution in [1.29, 1.82) is 0 Å². The smallest absolute Gasteiger partial charge is 0.408 e. The monoisotopic (exact) mass is 271 g/mol. The standard InChI is InChI=1S/C14H25NO4/c1-12(2,3)19-11(18)15-14(10(16)17)8-6-13(4,5)7-9-14/h6-9H2,1-5H3,(H,15,18)(H,16,17). The van der Waals surface area contributed by atoms with E-state index in [9.17, 15) is 14.7 Å². The highest BCUT2D eigenvalue weighted by molar-refractivity contribution is 5.84.